The number of carbonyl (C=O) groups excluding carboxylic acids is 1. The fourth-order valence-corrected chi connectivity index (χ4v) is 3.75. The van der Waals surface area contributed by atoms with E-state index in [2.05, 4.69) is 20.3 Å². The van der Waals surface area contributed by atoms with Crippen molar-refractivity contribution >= 4 is 29.0 Å². The van der Waals surface area contributed by atoms with Crippen LogP contribution in [0, 0.1) is 0 Å². The molecule has 2 aliphatic heterocycles. The third-order valence-electron chi connectivity index (χ3n) is 5.16. The molecule has 2 fully saturated rings. The molecule has 138 valence electrons. The average Bonchev–Trinajstić information content (AvgIpc) is 3.31. The van der Waals surface area contributed by atoms with Crippen molar-refractivity contribution in [2.45, 2.75) is 24.9 Å². The minimum atomic E-state index is -0.202. The standard InChI is InChI=1S/C19H20N6O2/c26-17(24-11-13(12-24)22-18-20-8-4-9-21-18)15-6-3-10-25(15)19-23-14-5-1-2-7-16(14)27-19/h1-2,4-5,7-9,13,15H,3,6,10-12H2,(H,20,21,22). The minimum absolute atomic E-state index is 0.141. The number of aromatic nitrogens is 3. The minimum Gasteiger partial charge on any atom is -0.423 e. The lowest BCUT2D eigenvalue weighted by molar-refractivity contribution is -0.136. The van der Waals surface area contributed by atoms with Crippen LogP contribution in [0.5, 0.6) is 0 Å². The summed E-state index contributed by atoms with van der Waals surface area (Å²) in [6, 6.07) is 9.99. The van der Waals surface area contributed by atoms with Crippen molar-refractivity contribution in [1.29, 1.82) is 0 Å². The molecule has 2 aliphatic rings. The molecule has 2 aromatic heterocycles. The van der Waals surface area contributed by atoms with Gasteiger partial charge in [0.05, 0.1) is 6.04 Å². The summed E-state index contributed by atoms with van der Waals surface area (Å²) in [5, 5.41) is 3.25. The molecule has 5 rings (SSSR count). The van der Waals surface area contributed by atoms with E-state index < -0.39 is 0 Å². The van der Waals surface area contributed by atoms with Crippen LogP contribution in [0.4, 0.5) is 12.0 Å². The first-order valence-electron chi connectivity index (χ1n) is 9.22. The fraction of sp³-hybridized carbons (Fsp3) is 0.368. The Hall–Kier alpha value is -3.16. The maximum Gasteiger partial charge on any atom is 0.299 e. The van der Waals surface area contributed by atoms with Gasteiger partial charge in [-0.25, -0.2) is 9.97 Å². The Labute approximate surface area is 156 Å². The van der Waals surface area contributed by atoms with Gasteiger partial charge in [-0.3, -0.25) is 4.79 Å². The van der Waals surface area contributed by atoms with Gasteiger partial charge in [-0.05, 0) is 31.0 Å². The van der Waals surface area contributed by atoms with Crippen LogP contribution in [0.15, 0.2) is 47.1 Å². The molecule has 0 saturated carbocycles. The van der Waals surface area contributed by atoms with Crippen LogP contribution in [-0.4, -0.2) is 57.5 Å². The second kappa shape index (κ2) is 6.53. The van der Waals surface area contributed by atoms with Gasteiger partial charge >= 0.3 is 0 Å². The zero-order valence-electron chi connectivity index (χ0n) is 14.8. The number of anilines is 2. The second-order valence-corrected chi connectivity index (χ2v) is 6.97. The van der Waals surface area contributed by atoms with Crippen molar-refractivity contribution in [3.8, 4) is 0 Å². The topological polar surface area (TPSA) is 87.4 Å². The molecule has 1 N–H and O–H groups in total. The van der Waals surface area contributed by atoms with Gasteiger partial charge in [0.25, 0.3) is 6.01 Å². The summed E-state index contributed by atoms with van der Waals surface area (Å²) >= 11 is 0. The Bertz CT molecular complexity index is 920. The van der Waals surface area contributed by atoms with Gasteiger partial charge < -0.3 is 19.5 Å². The maximum absolute atomic E-state index is 13.0. The number of hydrogen-bond acceptors (Lipinski definition) is 7. The van der Waals surface area contributed by atoms with Crippen molar-refractivity contribution in [3.05, 3.63) is 42.7 Å². The summed E-state index contributed by atoms with van der Waals surface area (Å²) in [6.07, 6.45) is 5.19. The lowest BCUT2D eigenvalue weighted by atomic mass is 10.1. The van der Waals surface area contributed by atoms with E-state index in [1.807, 2.05) is 34.1 Å². The highest BCUT2D eigenvalue weighted by molar-refractivity contribution is 5.86. The molecule has 4 heterocycles. The van der Waals surface area contributed by atoms with Crippen LogP contribution in [0.3, 0.4) is 0 Å². The average molecular weight is 364 g/mol. The Morgan fingerprint density at radius 1 is 1.15 bits per heavy atom. The molecule has 0 radical (unpaired) electrons. The number of nitrogens with one attached hydrogen (secondary N) is 1. The number of rotatable bonds is 4. The van der Waals surface area contributed by atoms with E-state index in [1.54, 1.807) is 18.5 Å². The first-order valence-corrected chi connectivity index (χ1v) is 9.22. The van der Waals surface area contributed by atoms with Crippen molar-refractivity contribution in [1.82, 2.24) is 19.9 Å². The molecule has 8 heteroatoms. The van der Waals surface area contributed by atoms with Crippen molar-refractivity contribution in [2.24, 2.45) is 0 Å². The molecular weight excluding hydrogens is 344 g/mol. The highest BCUT2D eigenvalue weighted by Crippen LogP contribution is 2.30. The third kappa shape index (κ3) is 2.97. The number of fused-ring (bicyclic) bond motifs is 1. The monoisotopic (exact) mass is 364 g/mol. The summed E-state index contributed by atoms with van der Waals surface area (Å²) < 4.78 is 5.88. The fourth-order valence-electron chi connectivity index (χ4n) is 3.75. The van der Waals surface area contributed by atoms with Gasteiger partial charge in [0.1, 0.15) is 11.6 Å². The van der Waals surface area contributed by atoms with Gasteiger partial charge in [0.2, 0.25) is 11.9 Å². The van der Waals surface area contributed by atoms with E-state index in [0.29, 0.717) is 25.1 Å². The zero-order valence-corrected chi connectivity index (χ0v) is 14.8. The molecule has 1 aromatic carbocycles. The van der Waals surface area contributed by atoms with Crippen LogP contribution in [0.1, 0.15) is 12.8 Å². The number of nitrogens with zero attached hydrogens (tertiary/aromatic N) is 5. The molecule has 0 aliphatic carbocycles. The van der Waals surface area contributed by atoms with Crippen LogP contribution < -0.4 is 10.2 Å². The maximum atomic E-state index is 13.0. The molecule has 3 aromatic rings. The Kier molecular flexibility index (Phi) is 3.88. The highest BCUT2D eigenvalue weighted by atomic mass is 16.4. The van der Waals surface area contributed by atoms with Crippen LogP contribution >= 0.6 is 0 Å². The van der Waals surface area contributed by atoms with Crippen molar-refractivity contribution in [2.75, 3.05) is 29.9 Å². The quantitative estimate of drug-likeness (QED) is 0.756. The van der Waals surface area contributed by atoms with E-state index in [9.17, 15) is 4.79 Å². The Morgan fingerprint density at radius 3 is 2.78 bits per heavy atom. The largest absolute Gasteiger partial charge is 0.423 e. The number of para-hydroxylation sites is 2. The van der Waals surface area contributed by atoms with Gasteiger partial charge in [-0.15, -0.1) is 0 Å². The van der Waals surface area contributed by atoms with E-state index in [4.69, 9.17) is 4.42 Å². The molecule has 1 amide bonds. The number of likely N-dealkylation sites (tertiary alicyclic amines) is 1. The molecule has 1 unspecified atom stereocenters. The normalized spacial score (nSPS) is 20.1. The summed E-state index contributed by atoms with van der Waals surface area (Å²) in [6.45, 7) is 2.11. The summed E-state index contributed by atoms with van der Waals surface area (Å²) in [5.41, 5.74) is 1.57. The molecular formula is C19H20N6O2. The van der Waals surface area contributed by atoms with E-state index in [0.717, 1.165) is 30.5 Å². The Morgan fingerprint density at radius 2 is 1.96 bits per heavy atom. The number of amides is 1. The molecule has 0 bridgehead atoms. The lowest BCUT2D eigenvalue weighted by Crippen LogP contribution is -2.60. The zero-order chi connectivity index (χ0) is 18.2. The third-order valence-corrected chi connectivity index (χ3v) is 5.16. The molecule has 8 nitrogen and oxygen atoms in total. The first-order chi connectivity index (χ1) is 13.3. The highest BCUT2D eigenvalue weighted by Gasteiger charge is 2.40. The number of benzene rings is 1. The molecule has 1 atom stereocenters. The number of oxazole rings is 1. The van der Waals surface area contributed by atoms with Crippen LogP contribution in [0.2, 0.25) is 0 Å². The second-order valence-electron chi connectivity index (χ2n) is 6.97. The summed E-state index contributed by atoms with van der Waals surface area (Å²) in [7, 11) is 0. The van der Waals surface area contributed by atoms with Gasteiger partial charge in [0.15, 0.2) is 5.58 Å². The van der Waals surface area contributed by atoms with E-state index in [-0.39, 0.29) is 18.0 Å². The SMILES string of the molecule is O=C(C1CCCN1c1nc2ccccc2o1)N1CC(Nc2ncccn2)C1. The Balaban J connectivity index is 1.25. The lowest BCUT2D eigenvalue weighted by Gasteiger charge is -2.41. The summed E-state index contributed by atoms with van der Waals surface area (Å²) in [4.78, 5) is 29.8. The molecule has 2 saturated heterocycles. The molecule has 0 spiro atoms. The van der Waals surface area contributed by atoms with Crippen LogP contribution in [-0.2, 0) is 4.79 Å². The van der Waals surface area contributed by atoms with E-state index >= 15 is 0 Å². The van der Waals surface area contributed by atoms with Crippen molar-refractivity contribution in [3.63, 3.8) is 0 Å². The first kappa shape index (κ1) is 16.0. The van der Waals surface area contributed by atoms with Gasteiger partial charge in [-0.2, -0.15) is 4.98 Å². The molecule has 27 heavy (non-hydrogen) atoms. The summed E-state index contributed by atoms with van der Waals surface area (Å²) in [5.74, 6) is 0.741. The van der Waals surface area contributed by atoms with Crippen molar-refractivity contribution < 1.29 is 9.21 Å². The van der Waals surface area contributed by atoms with E-state index in [1.165, 1.54) is 0 Å². The predicted octanol–water partition coefficient (Wildman–Crippen LogP) is 1.91. The van der Waals surface area contributed by atoms with Gasteiger partial charge in [0, 0.05) is 32.0 Å². The van der Waals surface area contributed by atoms with Crippen LogP contribution in [0.25, 0.3) is 11.1 Å². The predicted molar refractivity (Wildman–Crippen MR) is 100 cm³/mol. The smallest absolute Gasteiger partial charge is 0.299 e. The number of carbonyl (C=O) groups is 1. The van der Waals surface area contributed by atoms with Gasteiger partial charge in [-0.1, -0.05) is 12.1 Å². The number of hydrogen-bond donors (Lipinski definition) is 1.